The van der Waals surface area contributed by atoms with Crippen LogP contribution in [0.4, 0.5) is 4.39 Å². The van der Waals surface area contributed by atoms with E-state index in [1.54, 1.807) is 18.2 Å². The van der Waals surface area contributed by atoms with Gasteiger partial charge in [0, 0.05) is 11.6 Å². The molecule has 2 N–H and O–H groups in total. The van der Waals surface area contributed by atoms with E-state index in [4.69, 9.17) is 10.5 Å². The van der Waals surface area contributed by atoms with E-state index in [9.17, 15) is 4.39 Å². The van der Waals surface area contributed by atoms with E-state index in [0.717, 1.165) is 6.42 Å². The molecular formula is C17H20FNO. The van der Waals surface area contributed by atoms with Crippen molar-refractivity contribution in [1.82, 2.24) is 0 Å². The molecule has 0 aromatic heterocycles. The molecule has 0 saturated carbocycles. The largest absolute Gasteiger partial charge is 0.494 e. The molecule has 1 unspecified atom stereocenters. The Balaban J connectivity index is 2.05. The summed E-state index contributed by atoms with van der Waals surface area (Å²) in [5.41, 5.74) is 9.06. The van der Waals surface area contributed by atoms with Gasteiger partial charge in [-0.05, 0) is 31.4 Å². The molecule has 106 valence electrons. The summed E-state index contributed by atoms with van der Waals surface area (Å²) < 4.78 is 19.1. The Morgan fingerprint density at radius 1 is 1.15 bits per heavy atom. The summed E-state index contributed by atoms with van der Waals surface area (Å²) >= 11 is 0. The molecule has 2 rings (SSSR count). The van der Waals surface area contributed by atoms with Crippen LogP contribution in [0, 0.1) is 12.7 Å². The third-order valence-electron chi connectivity index (χ3n) is 3.48. The van der Waals surface area contributed by atoms with Crippen LogP contribution in [-0.2, 0) is 6.42 Å². The predicted molar refractivity (Wildman–Crippen MR) is 79.4 cm³/mol. The summed E-state index contributed by atoms with van der Waals surface area (Å²) in [4.78, 5) is 0. The number of halogens is 1. The fourth-order valence-corrected chi connectivity index (χ4v) is 2.20. The maximum atomic E-state index is 14.1. The van der Waals surface area contributed by atoms with Crippen molar-refractivity contribution in [3.63, 3.8) is 0 Å². The van der Waals surface area contributed by atoms with Gasteiger partial charge < -0.3 is 10.5 Å². The van der Waals surface area contributed by atoms with Gasteiger partial charge in [-0.2, -0.15) is 0 Å². The Labute approximate surface area is 119 Å². The molecule has 0 fully saturated rings. The van der Waals surface area contributed by atoms with Crippen molar-refractivity contribution in [3.8, 4) is 5.75 Å². The highest BCUT2D eigenvalue weighted by Gasteiger charge is 2.14. The number of nitrogens with two attached hydrogens (primary N) is 1. The lowest BCUT2D eigenvalue weighted by molar-refractivity contribution is 0.381. The van der Waals surface area contributed by atoms with E-state index in [0.29, 0.717) is 12.0 Å². The predicted octanol–water partition coefficient (Wildman–Crippen LogP) is 3.78. The van der Waals surface area contributed by atoms with Gasteiger partial charge >= 0.3 is 0 Å². The van der Waals surface area contributed by atoms with Crippen molar-refractivity contribution in [3.05, 3.63) is 65.0 Å². The molecule has 0 aliphatic rings. The summed E-state index contributed by atoms with van der Waals surface area (Å²) in [6, 6.07) is 13.1. The van der Waals surface area contributed by atoms with Gasteiger partial charge in [0.15, 0.2) is 11.6 Å². The number of aryl methyl sites for hydroxylation is 2. The number of methoxy groups -OCH3 is 1. The van der Waals surface area contributed by atoms with Crippen molar-refractivity contribution in [2.45, 2.75) is 25.8 Å². The molecule has 20 heavy (non-hydrogen) atoms. The van der Waals surface area contributed by atoms with E-state index in [1.165, 1.54) is 18.2 Å². The zero-order valence-corrected chi connectivity index (χ0v) is 11.9. The van der Waals surface area contributed by atoms with Gasteiger partial charge in [0.05, 0.1) is 7.11 Å². The van der Waals surface area contributed by atoms with Crippen LogP contribution in [0.25, 0.3) is 0 Å². The molecule has 0 aliphatic heterocycles. The van der Waals surface area contributed by atoms with Crippen molar-refractivity contribution in [2.24, 2.45) is 5.73 Å². The Morgan fingerprint density at radius 2 is 1.85 bits per heavy atom. The lowest BCUT2D eigenvalue weighted by Crippen LogP contribution is -2.13. The molecule has 2 aromatic rings. The van der Waals surface area contributed by atoms with Gasteiger partial charge in [0.2, 0.25) is 0 Å². The topological polar surface area (TPSA) is 35.2 Å². The van der Waals surface area contributed by atoms with Gasteiger partial charge in [0.1, 0.15) is 0 Å². The van der Waals surface area contributed by atoms with Gasteiger partial charge in [-0.15, -0.1) is 0 Å². The van der Waals surface area contributed by atoms with Crippen LogP contribution < -0.4 is 10.5 Å². The number of benzene rings is 2. The number of hydrogen-bond donors (Lipinski definition) is 1. The fourth-order valence-electron chi connectivity index (χ4n) is 2.20. The van der Waals surface area contributed by atoms with E-state index >= 15 is 0 Å². The van der Waals surface area contributed by atoms with Crippen LogP contribution in [-0.4, -0.2) is 7.11 Å². The number of rotatable bonds is 5. The van der Waals surface area contributed by atoms with Gasteiger partial charge in [-0.1, -0.05) is 42.0 Å². The molecule has 0 radical (unpaired) electrons. The molecule has 2 nitrogen and oxygen atoms in total. The Kier molecular flexibility index (Phi) is 4.74. The lowest BCUT2D eigenvalue weighted by Gasteiger charge is -2.14. The maximum absolute atomic E-state index is 14.1. The van der Waals surface area contributed by atoms with E-state index in [2.05, 4.69) is 31.2 Å². The van der Waals surface area contributed by atoms with Gasteiger partial charge in [-0.25, -0.2) is 4.39 Å². The molecule has 0 aliphatic carbocycles. The maximum Gasteiger partial charge on any atom is 0.169 e. The van der Waals surface area contributed by atoms with Crippen LogP contribution in [0.1, 0.15) is 29.2 Å². The lowest BCUT2D eigenvalue weighted by atomic mass is 9.98. The van der Waals surface area contributed by atoms with Crippen LogP contribution in [0.3, 0.4) is 0 Å². The summed E-state index contributed by atoms with van der Waals surface area (Å²) in [7, 11) is 1.46. The first kappa shape index (κ1) is 14.5. The van der Waals surface area contributed by atoms with E-state index < -0.39 is 0 Å². The van der Waals surface area contributed by atoms with Crippen LogP contribution >= 0.6 is 0 Å². The summed E-state index contributed by atoms with van der Waals surface area (Å²) in [5.74, 6) is -0.111. The minimum atomic E-state index is -0.355. The standard InChI is InChI=1S/C17H20FNO/c1-12-6-8-13(9-7-12)10-11-15(19)14-4-3-5-16(20-2)17(14)18/h3-9,15H,10-11,19H2,1-2H3. The highest BCUT2D eigenvalue weighted by Crippen LogP contribution is 2.26. The first-order valence-electron chi connectivity index (χ1n) is 6.75. The molecule has 3 heteroatoms. The van der Waals surface area contributed by atoms with Gasteiger partial charge in [0.25, 0.3) is 0 Å². The minimum absolute atomic E-state index is 0.244. The minimum Gasteiger partial charge on any atom is -0.494 e. The second-order valence-electron chi connectivity index (χ2n) is 4.99. The van der Waals surface area contributed by atoms with Gasteiger partial charge in [-0.3, -0.25) is 0 Å². The van der Waals surface area contributed by atoms with E-state index in [-0.39, 0.29) is 17.6 Å². The zero-order chi connectivity index (χ0) is 14.5. The molecule has 0 spiro atoms. The fraction of sp³-hybridized carbons (Fsp3) is 0.294. The number of hydrogen-bond acceptors (Lipinski definition) is 2. The highest BCUT2D eigenvalue weighted by molar-refractivity contribution is 5.33. The first-order chi connectivity index (χ1) is 9.61. The van der Waals surface area contributed by atoms with Crippen molar-refractivity contribution in [1.29, 1.82) is 0 Å². The second-order valence-corrected chi connectivity index (χ2v) is 4.99. The summed E-state index contributed by atoms with van der Waals surface area (Å²) in [6.07, 6.45) is 1.53. The molecule has 1 atom stereocenters. The molecule has 0 saturated heterocycles. The summed E-state index contributed by atoms with van der Waals surface area (Å²) in [6.45, 7) is 2.06. The highest BCUT2D eigenvalue weighted by atomic mass is 19.1. The third kappa shape index (κ3) is 3.36. The average molecular weight is 273 g/mol. The van der Waals surface area contributed by atoms with Crippen LogP contribution in [0.15, 0.2) is 42.5 Å². The SMILES string of the molecule is COc1cccc(C(N)CCc2ccc(C)cc2)c1F. The molecule has 0 heterocycles. The Morgan fingerprint density at radius 3 is 2.50 bits per heavy atom. The molecule has 0 amide bonds. The Bertz CT molecular complexity index is 566. The monoisotopic (exact) mass is 273 g/mol. The second kappa shape index (κ2) is 6.53. The van der Waals surface area contributed by atoms with E-state index in [1.807, 2.05) is 0 Å². The molecular weight excluding hydrogens is 253 g/mol. The van der Waals surface area contributed by atoms with Crippen LogP contribution in [0.2, 0.25) is 0 Å². The summed E-state index contributed by atoms with van der Waals surface area (Å²) in [5, 5.41) is 0. The smallest absolute Gasteiger partial charge is 0.169 e. The van der Waals surface area contributed by atoms with Crippen molar-refractivity contribution >= 4 is 0 Å². The zero-order valence-electron chi connectivity index (χ0n) is 11.9. The quantitative estimate of drug-likeness (QED) is 0.900. The third-order valence-corrected chi connectivity index (χ3v) is 3.48. The Hall–Kier alpha value is -1.87. The molecule has 2 aromatic carbocycles. The van der Waals surface area contributed by atoms with Crippen molar-refractivity contribution < 1.29 is 9.13 Å². The molecule has 0 bridgehead atoms. The average Bonchev–Trinajstić information content (AvgIpc) is 2.46. The van der Waals surface area contributed by atoms with Crippen LogP contribution in [0.5, 0.6) is 5.75 Å². The number of ether oxygens (including phenoxy) is 1. The normalized spacial score (nSPS) is 12.2. The van der Waals surface area contributed by atoms with Crippen molar-refractivity contribution in [2.75, 3.05) is 7.11 Å². The first-order valence-corrected chi connectivity index (χ1v) is 6.75.